The van der Waals surface area contributed by atoms with Gasteiger partial charge in [0.15, 0.2) is 0 Å². The van der Waals surface area contributed by atoms with Crippen molar-refractivity contribution >= 4 is 22.6 Å². The molecule has 2 aromatic rings. The highest BCUT2D eigenvalue weighted by molar-refractivity contribution is 6.20. The van der Waals surface area contributed by atoms with Gasteiger partial charge in [-0.3, -0.25) is 0 Å². The maximum absolute atomic E-state index is 13.6. The average Bonchev–Trinajstić information content (AvgIpc) is 2.80. The van der Waals surface area contributed by atoms with Gasteiger partial charge >= 0.3 is 0 Å². The zero-order valence-electron chi connectivity index (χ0n) is 12.5. The van der Waals surface area contributed by atoms with Crippen molar-refractivity contribution in [2.75, 3.05) is 13.6 Å². The molecule has 114 valence electrons. The third-order valence-electron chi connectivity index (χ3n) is 4.41. The van der Waals surface area contributed by atoms with Crippen molar-refractivity contribution < 1.29 is 4.39 Å². The molecule has 1 saturated heterocycles. The molecule has 1 aromatic carbocycles. The van der Waals surface area contributed by atoms with E-state index in [-0.39, 0.29) is 11.2 Å². The lowest BCUT2D eigenvalue weighted by atomic mass is 10.0. The summed E-state index contributed by atoms with van der Waals surface area (Å²) in [4.78, 5) is 6.98. The van der Waals surface area contributed by atoms with Gasteiger partial charge in [0.2, 0.25) is 0 Å². The molecule has 3 rings (SSSR count). The minimum absolute atomic E-state index is 0.186. The maximum Gasteiger partial charge on any atom is 0.127 e. The second-order valence-electron chi connectivity index (χ2n) is 5.96. The van der Waals surface area contributed by atoms with E-state index in [0.29, 0.717) is 6.04 Å². The largest absolute Gasteiger partial charge is 0.325 e. The van der Waals surface area contributed by atoms with Gasteiger partial charge in [0.05, 0.1) is 16.4 Å². The Morgan fingerprint density at radius 2 is 2.24 bits per heavy atom. The molecule has 0 N–H and O–H groups in total. The number of nitrogens with zero attached hydrogens (tertiary/aromatic N) is 3. The number of likely N-dealkylation sites (N-methyl/N-ethyl adjacent to an activating group) is 1. The molecule has 1 aromatic heterocycles. The number of rotatable bonds is 3. The van der Waals surface area contributed by atoms with Crippen LogP contribution in [-0.4, -0.2) is 34.1 Å². The van der Waals surface area contributed by atoms with Crippen molar-refractivity contribution in [2.45, 2.75) is 44.1 Å². The Morgan fingerprint density at radius 1 is 1.43 bits per heavy atom. The molecule has 0 spiro atoms. The van der Waals surface area contributed by atoms with Crippen LogP contribution in [0.3, 0.4) is 0 Å². The van der Waals surface area contributed by atoms with Crippen LogP contribution in [0.4, 0.5) is 4.39 Å². The molecule has 2 heterocycles. The summed E-state index contributed by atoms with van der Waals surface area (Å²) in [5.74, 6) is 0.602. The van der Waals surface area contributed by atoms with Gasteiger partial charge in [-0.05, 0) is 51.6 Å². The van der Waals surface area contributed by atoms with E-state index >= 15 is 0 Å². The van der Waals surface area contributed by atoms with E-state index in [4.69, 9.17) is 11.6 Å². The van der Waals surface area contributed by atoms with Gasteiger partial charge in [0.25, 0.3) is 0 Å². The van der Waals surface area contributed by atoms with E-state index in [9.17, 15) is 4.39 Å². The molecular weight excluding hydrogens is 289 g/mol. The fraction of sp³-hybridized carbons (Fsp3) is 0.562. The minimum Gasteiger partial charge on any atom is -0.325 e. The SMILES string of the molecule is CC(Cl)c1nc2ccc(F)cc2n1CC1CCCCN1C. The van der Waals surface area contributed by atoms with Crippen LogP contribution in [0.2, 0.25) is 0 Å². The zero-order valence-corrected chi connectivity index (χ0v) is 13.3. The summed E-state index contributed by atoms with van der Waals surface area (Å²) in [6.45, 7) is 3.86. The Morgan fingerprint density at radius 3 is 2.95 bits per heavy atom. The Balaban J connectivity index is 2.02. The highest BCUT2D eigenvalue weighted by Gasteiger charge is 2.23. The second-order valence-corrected chi connectivity index (χ2v) is 6.61. The molecule has 0 bridgehead atoms. The average molecular weight is 310 g/mol. The number of piperidine rings is 1. The molecule has 0 aliphatic carbocycles. The normalized spacial score (nSPS) is 21.8. The number of halogens is 2. The molecule has 1 aliphatic rings. The minimum atomic E-state index is -0.227. The first-order valence-corrected chi connectivity index (χ1v) is 8.00. The third kappa shape index (κ3) is 2.92. The molecule has 5 heteroatoms. The van der Waals surface area contributed by atoms with Crippen LogP contribution in [0.1, 0.15) is 37.4 Å². The van der Waals surface area contributed by atoms with Crippen LogP contribution < -0.4 is 0 Å². The van der Waals surface area contributed by atoms with Crippen LogP contribution in [0.25, 0.3) is 11.0 Å². The monoisotopic (exact) mass is 309 g/mol. The quantitative estimate of drug-likeness (QED) is 0.800. The maximum atomic E-state index is 13.6. The van der Waals surface area contributed by atoms with Gasteiger partial charge in [-0.1, -0.05) is 6.42 Å². The summed E-state index contributed by atoms with van der Waals surface area (Å²) in [6.07, 6.45) is 3.68. The van der Waals surface area contributed by atoms with Crippen molar-refractivity contribution in [2.24, 2.45) is 0 Å². The number of hydrogen-bond donors (Lipinski definition) is 0. The van der Waals surface area contributed by atoms with Gasteiger partial charge in [0.1, 0.15) is 11.6 Å². The van der Waals surface area contributed by atoms with Gasteiger partial charge in [0, 0.05) is 12.6 Å². The van der Waals surface area contributed by atoms with Gasteiger partial charge < -0.3 is 9.47 Å². The smallest absolute Gasteiger partial charge is 0.127 e. The van der Waals surface area contributed by atoms with Crippen molar-refractivity contribution in [3.05, 3.63) is 29.8 Å². The Hall–Kier alpha value is -1.13. The van der Waals surface area contributed by atoms with E-state index in [1.807, 2.05) is 6.92 Å². The molecule has 2 atom stereocenters. The highest BCUT2D eigenvalue weighted by Crippen LogP contribution is 2.27. The summed E-state index contributed by atoms with van der Waals surface area (Å²) < 4.78 is 15.7. The molecule has 1 fully saturated rings. The van der Waals surface area contributed by atoms with E-state index in [1.165, 1.54) is 25.3 Å². The van der Waals surface area contributed by atoms with Crippen molar-refractivity contribution in [3.8, 4) is 0 Å². The molecule has 2 unspecified atom stereocenters. The van der Waals surface area contributed by atoms with Crippen molar-refractivity contribution in [1.29, 1.82) is 0 Å². The number of fused-ring (bicyclic) bond motifs is 1. The van der Waals surface area contributed by atoms with Gasteiger partial charge in [-0.2, -0.15) is 0 Å². The molecule has 0 saturated carbocycles. The lowest BCUT2D eigenvalue weighted by Gasteiger charge is -2.33. The summed E-state index contributed by atoms with van der Waals surface area (Å²) in [5, 5.41) is -0.186. The first-order chi connectivity index (χ1) is 10.1. The zero-order chi connectivity index (χ0) is 15.0. The number of imidazole rings is 1. The third-order valence-corrected chi connectivity index (χ3v) is 4.61. The van der Waals surface area contributed by atoms with Gasteiger partial charge in [-0.15, -0.1) is 11.6 Å². The second kappa shape index (κ2) is 5.93. The summed E-state index contributed by atoms with van der Waals surface area (Å²) in [5.41, 5.74) is 1.66. The lowest BCUT2D eigenvalue weighted by Crippen LogP contribution is -2.39. The Labute approximate surface area is 129 Å². The fourth-order valence-corrected chi connectivity index (χ4v) is 3.36. The van der Waals surface area contributed by atoms with Crippen LogP contribution in [0.15, 0.2) is 18.2 Å². The predicted octanol–water partition coefficient (Wildman–Crippen LogP) is 3.96. The van der Waals surface area contributed by atoms with E-state index in [0.717, 1.165) is 29.9 Å². The van der Waals surface area contributed by atoms with Crippen molar-refractivity contribution in [1.82, 2.24) is 14.5 Å². The first kappa shape index (κ1) is 14.8. The van der Waals surface area contributed by atoms with E-state index in [2.05, 4.69) is 21.5 Å². The predicted molar refractivity (Wildman–Crippen MR) is 84.2 cm³/mol. The first-order valence-electron chi connectivity index (χ1n) is 7.56. The van der Waals surface area contributed by atoms with E-state index in [1.54, 1.807) is 12.1 Å². The lowest BCUT2D eigenvalue weighted by molar-refractivity contribution is 0.167. The van der Waals surface area contributed by atoms with Crippen LogP contribution >= 0.6 is 11.6 Å². The summed E-state index contributed by atoms with van der Waals surface area (Å²) in [7, 11) is 2.16. The molecule has 21 heavy (non-hydrogen) atoms. The Bertz CT molecular complexity index is 638. The summed E-state index contributed by atoms with van der Waals surface area (Å²) >= 11 is 6.28. The number of hydrogen-bond acceptors (Lipinski definition) is 2. The van der Waals surface area contributed by atoms with Gasteiger partial charge in [-0.25, -0.2) is 9.37 Å². The van der Waals surface area contributed by atoms with Crippen LogP contribution in [0.5, 0.6) is 0 Å². The van der Waals surface area contributed by atoms with Crippen molar-refractivity contribution in [3.63, 3.8) is 0 Å². The fourth-order valence-electron chi connectivity index (χ4n) is 3.20. The topological polar surface area (TPSA) is 21.1 Å². The number of benzene rings is 1. The Kier molecular flexibility index (Phi) is 4.18. The standard InChI is InChI=1S/C16H21ClFN3/c1-11(17)16-19-14-7-6-12(18)9-15(14)21(16)10-13-5-3-4-8-20(13)2/h6-7,9,11,13H,3-5,8,10H2,1-2H3. The number of alkyl halides is 1. The van der Waals surface area contributed by atoms with Crippen LogP contribution in [0, 0.1) is 5.82 Å². The van der Waals surface area contributed by atoms with Crippen LogP contribution in [-0.2, 0) is 6.54 Å². The molecule has 0 amide bonds. The molecule has 3 nitrogen and oxygen atoms in total. The molecule has 0 radical (unpaired) electrons. The number of likely N-dealkylation sites (tertiary alicyclic amines) is 1. The highest BCUT2D eigenvalue weighted by atomic mass is 35.5. The molecular formula is C16H21ClFN3. The number of aromatic nitrogens is 2. The van der Waals surface area contributed by atoms with E-state index < -0.39 is 0 Å². The summed E-state index contributed by atoms with van der Waals surface area (Å²) in [6, 6.07) is 5.21. The molecule has 1 aliphatic heterocycles.